The average Bonchev–Trinajstić information content (AvgIpc) is 3.03. The Morgan fingerprint density at radius 3 is 2.64 bits per heavy atom. The zero-order chi connectivity index (χ0) is 18.0. The Balaban J connectivity index is 1.71. The van der Waals surface area contributed by atoms with Crippen molar-refractivity contribution in [2.45, 2.75) is 26.8 Å². The molecule has 1 aromatic heterocycles. The predicted octanol–water partition coefficient (Wildman–Crippen LogP) is 2.94. The lowest BCUT2D eigenvalue weighted by Gasteiger charge is -2.15. The minimum Gasteiger partial charge on any atom is -0.339 e. The van der Waals surface area contributed by atoms with Gasteiger partial charge in [-0.25, -0.2) is 0 Å². The summed E-state index contributed by atoms with van der Waals surface area (Å²) in [7, 11) is 0. The Morgan fingerprint density at radius 2 is 1.84 bits per heavy atom. The van der Waals surface area contributed by atoms with Crippen molar-refractivity contribution in [3.05, 3.63) is 59.3 Å². The first-order valence-electron chi connectivity index (χ1n) is 8.08. The maximum atomic E-state index is 12.4. The summed E-state index contributed by atoms with van der Waals surface area (Å²) in [6, 6.07) is 12.4. The predicted molar refractivity (Wildman–Crippen MR) is 97.6 cm³/mol. The monoisotopic (exact) mass is 336 g/mol. The van der Waals surface area contributed by atoms with Crippen LogP contribution in [-0.4, -0.2) is 28.1 Å². The van der Waals surface area contributed by atoms with Gasteiger partial charge in [-0.2, -0.15) is 5.10 Å². The third-order valence-corrected chi connectivity index (χ3v) is 4.29. The summed E-state index contributed by atoms with van der Waals surface area (Å²) in [5, 5.41) is 13.1. The van der Waals surface area contributed by atoms with E-state index in [0.717, 1.165) is 27.7 Å². The summed E-state index contributed by atoms with van der Waals surface area (Å²) >= 11 is 0. The van der Waals surface area contributed by atoms with Crippen LogP contribution < -0.4 is 10.6 Å². The molecule has 6 nitrogen and oxygen atoms in total. The molecule has 6 heteroatoms. The van der Waals surface area contributed by atoms with Crippen molar-refractivity contribution in [2.75, 3.05) is 5.32 Å². The van der Waals surface area contributed by atoms with E-state index < -0.39 is 6.04 Å². The normalized spacial score (nSPS) is 12.0. The van der Waals surface area contributed by atoms with Crippen molar-refractivity contribution in [3.63, 3.8) is 0 Å². The molecule has 0 spiro atoms. The number of nitrogens with zero attached hydrogens (tertiary/aromatic N) is 1. The second-order valence-corrected chi connectivity index (χ2v) is 6.05. The van der Waals surface area contributed by atoms with Gasteiger partial charge in [0.1, 0.15) is 6.04 Å². The lowest BCUT2D eigenvalue weighted by atomic mass is 10.1. The van der Waals surface area contributed by atoms with Crippen molar-refractivity contribution in [3.8, 4) is 0 Å². The molecule has 2 aromatic carbocycles. The topological polar surface area (TPSA) is 86.9 Å². The van der Waals surface area contributed by atoms with Gasteiger partial charge in [-0.1, -0.05) is 30.3 Å². The molecule has 2 amide bonds. The maximum absolute atomic E-state index is 12.4. The number of carbonyl (C=O) groups excluding carboxylic acids is 2. The van der Waals surface area contributed by atoms with Crippen LogP contribution >= 0.6 is 0 Å². The van der Waals surface area contributed by atoms with Crippen LogP contribution in [0.5, 0.6) is 0 Å². The smallest absolute Gasteiger partial charge is 0.273 e. The Bertz CT molecular complexity index is 946. The lowest BCUT2D eigenvalue weighted by Crippen LogP contribution is -2.41. The Labute approximate surface area is 145 Å². The highest BCUT2D eigenvalue weighted by molar-refractivity contribution is 6.07. The zero-order valence-electron chi connectivity index (χ0n) is 14.4. The van der Waals surface area contributed by atoms with Crippen molar-refractivity contribution in [1.29, 1.82) is 0 Å². The summed E-state index contributed by atoms with van der Waals surface area (Å²) in [6.07, 6.45) is 0. The molecule has 0 aliphatic carbocycles. The largest absolute Gasteiger partial charge is 0.339 e. The minimum atomic E-state index is -0.692. The SMILES string of the molecule is Cc1cccc(NC(=O)C(C)NC(=O)c2n[nH]c3ccccc23)c1C. The molecule has 0 saturated heterocycles. The second kappa shape index (κ2) is 6.76. The number of amides is 2. The van der Waals surface area contributed by atoms with Crippen LogP contribution in [0.3, 0.4) is 0 Å². The number of anilines is 1. The Hall–Kier alpha value is -3.15. The summed E-state index contributed by atoms with van der Waals surface area (Å²) in [5.41, 5.74) is 3.91. The molecule has 25 heavy (non-hydrogen) atoms. The molecule has 0 saturated carbocycles. The maximum Gasteiger partial charge on any atom is 0.273 e. The standard InChI is InChI=1S/C19H20N4O2/c1-11-7-6-10-15(12(11)2)21-18(24)13(3)20-19(25)17-14-8-4-5-9-16(14)22-23-17/h4-10,13H,1-3H3,(H,20,25)(H,21,24)(H,22,23). The number of aromatic nitrogens is 2. The molecular weight excluding hydrogens is 316 g/mol. The molecule has 1 atom stereocenters. The van der Waals surface area contributed by atoms with Crippen LogP contribution in [0, 0.1) is 13.8 Å². The van der Waals surface area contributed by atoms with Gasteiger partial charge in [0.05, 0.1) is 5.52 Å². The van der Waals surface area contributed by atoms with E-state index in [1.165, 1.54) is 0 Å². The summed E-state index contributed by atoms with van der Waals surface area (Å²) in [6.45, 7) is 5.58. The molecule has 0 aliphatic heterocycles. The van der Waals surface area contributed by atoms with Crippen molar-refractivity contribution in [1.82, 2.24) is 15.5 Å². The number of aromatic amines is 1. The van der Waals surface area contributed by atoms with Crippen LogP contribution in [0.1, 0.15) is 28.5 Å². The van der Waals surface area contributed by atoms with Crippen LogP contribution in [0.15, 0.2) is 42.5 Å². The number of para-hydroxylation sites is 1. The van der Waals surface area contributed by atoms with Gasteiger partial charge < -0.3 is 10.6 Å². The number of benzene rings is 2. The summed E-state index contributed by atoms with van der Waals surface area (Å²) < 4.78 is 0. The van der Waals surface area contributed by atoms with E-state index in [1.54, 1.807) is 6.92 Å². The molecule has 0 aliphatic rings. The fraction of sp³-hybridized carbons (Fsp3) is 0.211. The number of rotatable bonds is 4. The molecule has 128 valence electrons. The number of fused-ring (bicyclic) bond motifs is 1. The van der Waals surface area contributed by atoms with Gasteiger partial charge in [-0.15, -0.1) is 0 Å². The van der Waals surface area contributed by atoms with Crippen LogP contribution in [-0.2, 0) is 4.79 Å². The fourth-order valence-electron chi connectivity index (χ4n) is 2.59. The van der Waals surface area contributed by atoms with E-state index in [0.29, 0.717) is 0 Å². The quantitative estimate of drug-likeness (QED) is 0.684. The Morgan fingerprint density at radius 1 is 1.08 bits per heavy atom. The number of hydrogen-bond donors (Lipinski definition) is 3. The number of aryl methyl sites for hydroxylation is 1. The molecule has 0 bridgehead atoms. The van der Waals surface area contributed by atoms with E-state index in [2.05, 4.69) is 20.8 Å². The number of nitrogens with one attached hydrogen (secondary N) is 3. The molecule has 3 aromatic rings. The van der Waals surface area contributed by atoms with Crippen molar-refractivity contribution >= 4 is 28.4 Å². The molecule has 0 radical (unpaired) electrons. The molecule has 1 heterocycles. The van der Waals surface area contributed by atoms with E-state index in [9.17, 15) is 9.59 Å². The fourth-order valence-corrected chi connectivity index (χ4v) is 2.59. The number of hydrogen-bond acceptors (Lipinski definition) is 3. The molecule has 1 unspecified atom stereocenters. The number of H-pyrrole nitrogens is 1. The van der Waals surface area contributed by atoms with Crippen LogP contribution in [0.4, 0.5) is 5.69 Å². The van der Waals surface area contributed by atoms with Gasteiger partial charge in [0.15, 0.2) is 5.69 Å². The first-order valence-corrected chi connectivity index (χ1v) is 8.08. The van der Waals surface area contributed by atoms with Crippen molar-refractivity contribution in [2.24, 2.45) is 0 Å². The highest BCUT2D eigenvalue weighted by Crippen LogP contribution is 2.18. The molecule has 3 rings (SSSR count). The highest BCUT2D eigenvalue weighted by Gasteiger charge is 2.20. The first kappa shape index (κ1) is 16.7. The van der Waals surface area contributed by atoms with Gasteiger partial charge in [0.25, 0.3) is 5.91 Å². The number of carbonyl (C=O) groups is 2. The van der Waals surface area contributed by atoms with Crippen LogP contribution in [0.2, 0.25) is 0 Å². The minimum absolute atomic E-state index is 0.276. The van der Waals surface area contributed by atoms with Gasteiger partial charge in [0, 0.05) is 11.1 Å². The highest BCUT2D eigenvalue weighted by atomic mass is 16.2. The van der Waals surface area contributed by atoms with E-state index in [1.807, 2.05) is 56.3 Å². The van der Waals surface area contributed by atoms with Gasteiger partial charge in [-0.05, 0) is 44.0 Å². The molecule has 3 N–H and O–H groups in total. The summed E-state index contributed by atoms with van der Waals surface area (Å²) in [5.74, 6) is -0.664. The lowest BCUT2D eigenvalue weighted by molar-refractivity contribution is -0.117. The van der Waals surface area contributed by atoms with E-state index in [-0.39, 0.29) is 17.5 Å². The van der Waals surface area contributed by atoms with E-state index in [4.69, 9.17) is 0 Å². The van der Waals surface area contributed by atoms with Gasteiger partial charge >= 0.3 is 0 Å². The van der Waals surface area contributed by atoms with Gasteiger partial charge in [0.2, 0.25) is 5.91 Å². The summed E-state index contributed by atoms with van der Waals surface area (Å²) in [4.78, 5) is 24.8. The van der Waals surface area contributed by atoms with Crippen LogP contribution in [0.25, 0.3) is 10.9 Å². The molecule has 0 fully saturated rings. The molecular formula is C19H20N4O2. The average molecular weight is 336 g/mol. The zero-order valence-corrected chi connectivity index (χ0v) is 14.4. The van der Waals surface area contributed by atoms with Crippen molar-refractivity contribution < 1.29 is 9.59 Å². The van der Waals surface area contributed by atoms with E-state index >= 15 is 0 Å². The third kappa shape index (κ3) is 3.38. The second-order valence-electron chi connectivity index (χ2n) is 6.05. The first-order chi connectivity index (χ1) is 12.0. The van der Waals surface area contributed by atoms with Gasteiger partial charge in [-0.3, -0.25) is 14.7 Å². The Kier molecular flexibility index (Phi) is 4.52. The third-order valence-electron chi connectivity index (χ3n) is 4.29.